The van der Waals surface area contributed by atoms with Gasteiger partial charge in [-0.1, -0.05) is 18.2 Å². The van der Waals surface area contributed by atoms with E-state index in [-0.39, 0.29) is 5.56 Å². The Morgan fingerprint density at radius 1 is 1.05 bits per heavy atom. The Bertz CT molecular complexity index is 753. The molecule has 0 radical (unpaired) electrons. The standard InChI is InChI=1S/C15H12N2OS/c18-15-14-4-2-1-3-13(14)11(9-17-15)10-19-12-5-7-16-8-6-12/h1-9H,10H2,(H,17,18). The number of fused-ring (bicyclic) bond motifs is 1. The summed E-state index contributed by atoms with van der Waals surface area (Å²) in [5.74, 6) is 0.821. The molecule has 0 atom stereocenters. The third-order valence-corrected chi connectivity index (χ3v) is 4.00. The number of nitrogens with zero attached hydrogens (tertiary/aromatic N) is 1. The first-order chi connectivity index (χ1) is 9.34. The Kier molecular flexibility index (Phi) is 3.33. The van der Waals surface area contributed by atoms with Crippen molar-refractivity contribution in [1.82, 2.24) is 9.97 Å². The Hall–Kier alpha value is -2.07. The molecule has 2 heterocycles. The second-order valence-electron chi connectivity index (χ2n) is 4.16. The summed E-state index contributed by atoms with van der Waals surface area (Å²) in [5.41, 5.74) is 1.10. The van der Waals surface area contributed by atoms with Gasteiger partial charge in [0.1, 0.15) is 0 Å². The van der Waals surface area contributed by atoms with E-state index >= 15 is 0 Å². The molecule has 0 bridgehead atoms. The first-order valence-corrected chi connectivity index (χ1v) is 6.95. The molecule has 0 spiro atoms. The van der Waals surface area contributed by atoms with Gasteiger partial charge in [-0.25, -0.2) is 0 Å². The molecule has 3 nitrogen and oxygen atoms in total. The quantitative estimate of drug-likeness (QED) is 0.742. The fourth-order valence-electron chi connectivity index (χ4n) is 1.98. The summed E-state index contributed by atoms with van der Waals surface area (Å²) in [6.45, 7) is 0. The maximum atomic E-state index is 11.7. The highest BCUT2D eigenvalue weighted by molar-refractivity contribution is 7.98. The van der Waals surface area contributed by atoms with Crippen LogP contribution in [-0.4, -0.2) is 9.97 Å². The highest BCUT2D eigenvalue weighted by atomic mass is 32.2. The third kappa shape index (κ3) is 2.53. The summed E-state index contributed by atoms with van der Waals surface area (Å²) in [6, 6.07) is 11.7. The summed E-state index contributed by atoms with van der Waals surface area (Å²) in [7, 11) is 0. The Morgan fingerprint density at radius 2 is 1.79 bits per heavy atom. The molecular formula is C15H12N2OS. The molecular weight excluding hydrogens is 256 g/mol. The lowest BCUT2D eigenvalue weighted by molar-refractivity contribution is 1.22. The van der Waals surface area contributed by atoms with Crippen molar-refractivity contribution in [3.8, 4) is 0 Å². The minimum atomic E-state index is -0.0340. The van der Waals surface area contributed by atoms with Crippen LogP contribution in [0.15, 0.2) is 64.7 Å². The lowest BCUT2D eigenvalue weighted by atomic mass is 10.1. The average molecular weight is 268 g/mol. The Morgan fingerprint density at radius 3 is 2.58 bits per heavy atom. The van der Waals surface area contributed by atoms with E-state index in [0.717, 1.165) is 22.1 Å². The predicted molar refractivity (Wildman–Crippen MR) is 78.4 cm³/mol. The van der Waals surface area contributed by atoms with Gasteiger partial charge >= 0.3 is 0 Å². The van der Waals surface area contributed by atoms with Crippen LogP contribution in [0.4, 0.5) is 0 Å². The van der Waals surface area contributed by atoms with Gasteiger partial charge in [-0.05, 0) is 29.1 Å². The van der Waals surface area contributed by atoms with E-state index in [9.17, 15) is 4.79 Å². The van der Waals surface area contributed by atoms with Crippen LogP contribution < -0.4 is 5.56 Å². The highest BCUT2D eigenvalue weighted by Gasteiger charge is 2.04. The number of rotatable bonds is 3. The van der Waals surface area contributed by atoms with E-state index in [1.807, 2.05) is 36.4 Å². The average Bonchev–Trinajstić information content (AvgIpc) is 2.48. The van der Waals surface area contributed by atoms with Crippen LogP contribution in [0.2, 0.25) is 0 Å². The van der Waals surface area contributed by atoms with E-state index in [1.54, 1.807) is 30.4 Å². The maximum Gasteiger partial charge on any atom is 0.255 e. The fraction of sp³-hybridized carbons (Fsp3) is 0.0667. The number of aromatic amines is 1. The molecule has 0 aliphatic rings. The summed E-state index contributed by atoms with van der Waals surface area (Å²) < 4.78 is 0. The molecule has 0 aliphatic carbocycles. The molecule has 2 aromatic heterocycles. The highest BCUT2D eigenvalue weighted by Crippen LogP contribution is 2.24. The van der Waals surface area contributed by atoms with Crippen LogP contribution in [0.5, 0.6) is 0 Å². The number of thioether (sulfide) groups is 1. The van der Waals surface area contributed by atoms with Crippen LogP contribution in [0, 0.1) is 0 Å². The van der Waals surface area contributed by atoms with Crippen LogP contribution in [0.25, 0.3) is 10.8 Å². The van der Waals surface area contributed by atoms with Gasteiger partial charge in [0, 0.05) is 34.6 Å². The van der Waals surface area contributed by atoms with Gasteiger partial charge in [-0.3, -0.25) is 9.78 Å². The van der Waals surface area contributed by atoms with Crippen molar-refractivity contribution >= 4 is 22.5 Å². The first-order valence-electron chi connectivity index (χ1n) is 5.97. The number of nitrogens with one attached hydrogen (secondary N) is 1. The third-order valence-electron chi connectivity index (χ3n) is 2.94. The van der Waals surface area contributed by atoms with Gasteiger partial charge < -0.3 is 4.98 Å². The van der Waals surface area contributed by atoms with E-state index in [4.69, 9.17) is 0 Å². The van der Waals surface area contributed by atoms with Crippen LogP contribution in [-0.2, 0) is 5.75 Å². The van der Waals surface area contributed by atoms with Crippen LogP contribution >= 0.6 is 11.8 Å². The van der Waals surface area contributed by atoms with Gasteiger partial charge in [0.25, 0.3) is 5.56 Å². The van der Waals surface area contributed by atoms with E-state index in [1.165, 1.54) is 4.90 Å². The van der Waals surface area contributed by atoms with Crippen molar-refractivity contribution in [3.05, 3.63) is 70.9 Å². The maximum absolute atomic E-state index is 11.7. The minimum Gasteiger partial charge on any atom is -0.328 e. The van der Waals surface area contributed by atoms with Crippen molar-refractivity contribution in [2.24, 2.45) is 0 Å². The van der Waals surface area contributed by atoms with Crippen molar-refractivity contribution in [2.45, 2.75) is 10.6 Å². The number of aromatic nitrogens is 2. The molecule has 0 saturated carbocycles. The van der Waals surface area contributed by atoms with Gasteiger partial charge in [-0.2, -0.15) is 0 Å². The summed E-state index contributed by atoms with van der Waals surface area (Å²) in [5, 5.41) is 1.77. The van der Waals surface area contributed by atoms with Gasteiger partial charge in [0.2, 0.25) is 0 Å². The van der Waals surface area contributed by atoms with Crippen molar-refractivity contribution in [1.29, 1.82) is 0 Å². The topological polar surface area (TPSA) is 45.8 Å². The number of hydrogen-bond donors (Lipinski definition) is 1. The summed E-state index contributed by atoms with van der Waals surface area (Å²) in [4.78, 5) is 19.7. The van der Waals surface area contributed by atoms with Gasteiger partial charge in [0.05, 0.1) is 0 Å². The van der Waals surface area contributed by atoms with E-state index in [2.05, 4.69) is 9.97 Å². The second-order valence-corrected chi connectivity index (χ2v) is 5.21. The summed E-state index contributed by atoms with van der Waals surface area (Å²) in [6.07, 6.45) is 5.37. The lowest BCUT2D eigenvalue weighted by Gasteiger charge is -2.05. The number of hydrogen-bond acceptors (Lipinski definition) is 3. The molecule has 0 aliphatic heterocycles. The molecule has 1 aromatic carbocycles. The number of benzene rings is 1. The van der Waals surface area contributed by atoms with E-state index < -0.39 is 0 Å². The molecule has 19 heavy (non-hydrogen) atoms. The zero-order valence-electron chi connectivity index (χ0n) is 10.2. The fourth-order valence-corrected chi connectivity index (χ4v) is 2.86. The lowest BCUT2D eigenvalue weighted by Crippen LogP contribution is -2.06. The zero-order valence-corrected chi connectivity index (χ0v) is 11.0. The Labute approximate surface area is 114 Å². The largest absolute Gasteiger partial charge is 0.328 e. The normalized spacial score (nSPS) is 10.7. The van der Waals surface area contributed by atoms with Gasteiger partial charge in [-0.15, -0.1) is 11.8 Å². The van der Waals surface area contributed by atoms with E-state index in [0.29, 0.717) is 0 Å². The first kappa shape index (κ1) is 12.0. The summed E-state index contributed by atoms with van der Waals surface area (Å²) >= 11 is 1.73. The second kappa shape index (κ2) is 5.28. The minimum absolute atomic E-state index is 0.0340. The Balaban J connectivity index is 1.94. The van der Waals surface area contributed by atoms with Crippen molar-refractivity contribution in [3.63, 3.8) is 0 Å². The van der Waals surface area contributed by atoms with Crippen LogP contribution in [0.1, 0.15) is 5.56 Å². The zero-order chi connectivity index (χ0) is 13.1. The monoisotopic (exact) mass is 268 g/mol. The molecule has 94 valence electrons. The molecule has 0 saturated heterocycles. The van der Waals surface area contributed by atoms with Crippen LogP contribution in [0.3, 0.4) is 0 Å². The molecule has 0 amide bonds. The van der Waals surface area contributed by atoms with Crippen molar-refractivity contribution < 1.29 is 0 Å². The SMILES string of the molecule is O=c1[nH]cc(CSc2ccncc2)c2ccccc12. The molecule has 0 fully saturated rings. The van der Waals surface area contributed by atoms with Crippen molar-refractivity contribution in [2.75, 3.05) is 0 Å². The molecule has 1 N–H and O–H groups in total. The smallest absolute Gasteiger partial charge is 0.255 e. The number of H-pyrrole nitrogens is 1. The van der Waals surface area contributed by atoms with Gasteiger partial charge in [0.15, 0.2) is 0 Å². The molecule has 4 heteroatoms. The molecule has 3 aromatic rings. The predicted octanol–water partition coefficient (Wildman–Crippen LogP) is 3.22. The number of pyridine rings is 2. The molecule has 0 unspecified atom stereocenters. The molecule has 3 rings (SSSR count).